The molecule has 0 saturated carbocycles. The van der Waals surface area contributed by atoms with E-state index in [0.717, 1.165) is 36.5 Å². The molecule has 6 heteroatoms. The first-order valence-corrected chi connectivity index (χ1v) is 10.6. The van der Waals surface area contributed by atoms with E-state index in [4.69, 9.17) is 0 Å². The summed E-state index contributed by atoms with van der Waals surface area (Å²) in [4.78, 5) is 16.7. The van der Waals surface area contributed by atoms with Gasteiger partial charge < -0.3 is 5.32 Å². The molecule has 3 heterocycles. The van der Waals surface area contributed by atoms with Crippen molar-refractivity contribution in [1.82, 2.24) is 20.0 Å². The summed E-state index contributed by atoms with van der Waals surface area (Å²) >= 11 is 1.85. The molecule has 3 aromatic rings. The van der Waals surface area contributed by atoms with Gasteiger partial charge in [-0.3, -0.25) is 9.69 Å². The highest BCUT2D eigenvalue weighted by molar-refractivity contribution is 7.10. The lowest BCUT2D eigenvalue weighted by molar-refractivity contribution is 0.0932. The number of fused-ring (bicyclic) bond motifs is 1. The van der Waals surface area contributed by atoms with Crippen LogP contribution in [-0.4, -0.2) is 39.7 Å². The fraction of sp³-hybridized carbons (Fsp3) is 0.364. The lowest BCUT2D eigenvalue weighted by atomic mass is 10.1. The molecule has 0 fully saturated rings. The van der Waals surface area contributed by atoms with E-state index >= 15 is 0 Å². The van der Waals surface area contributed by atoms with Crippen molar-refractivity contribution in [2.45, 2.75) is 39.8 Å². The first-order chi connectivity index (χ1) is 13.5. The minimum Gasteiger partial charge on any atom is -0.350 e. The van der Waals surface area contributed by atoms with Gasteiger partial charge in [-0.25, -0.2) is 4.68 Å². The minimum atomic E-state index is -0.0579. The SMILES string of the molecule is Cc1ccccc1-n1ncc(C(=O)NCC(C)N2CCc3sccc3C2)c1C. The van der Waals surface area contributed by atoms with Gasteiger partial charge in [-0.1, -0.05) is 18.2 Å². The van der Waals surface area contributed by atoms with Crippen molar-refractivity contribution in [2.24, 2.45) is 0 Å². The summed E-state index contributed by atoms with van der Waals surface area (Å²) in [6.45, 7) is 8.83. The van der Waals surface area contributed by atoms with Crippen LogP contribution < -0.4 is 5.32 Å². The Morgan fingerprint density at radius 3 is 2.93 bits per heavy atom. The van der Waals surface area contributed by atoms with E-state index in [1.54, 1.807) is 6.20 Å². The third-order valence-electron chi connectivity index (χ3n) is 5.62. The van der Waals surface area contributed by atoms with Gasteiger partial charge in [0.05, 0.1) is 23.1 Å². The zero-order valence-electron chi connectivity index (χ0n) is 16.6. The molecule has 1 aliphatic rings. The van der Waals surface area contributed by atoms with Gasteiger partial charge in [0.1, 0.15) is 0 Å². The van der Waals surface area contributed by atoms with Crippen LogP contribution in [-0.2, 0) is 13.0 Å². The fourth-order valence-electron chi connectivity index (χ4n) is 3.79. The van der Waals surface area contributed by atoms with Gasteiger partial charge in [0, 0.05) is 30.6 Å². The van der Waals surface area contributed by atoms with Crippen molar-refractivity contribution >= 4 is 17.2 Å². The Labute approximate surface area is 170 Å². The van der Waals surface area contributed by atoms with Crippen LogP contribution in [0.4, 0.5) is 0 Å². The lowest BCUT2D eigenvalue weighted by Gasteiger charge is -2.32. The fourth-order valence-corrected chi connectivity index (χ4v) is 4.68. The van der Waals surface area contributed by atoms with Gasteiger partial charge in [0.2, 0.25) is 0 Å². The smallest absolute Gasteiger partial charge is 0.254 e. The predicted molar refractivity (Wildman–Crippen MR) is 113 cm³/mol. The predicted octanol–water partition coefficient (Wildman–Crippen LogP) is 3.73. The van der Waals surface area contributed by atoms with E-state index in [-0.39, 0.29) is 5.91 Å². The first kappa shape index (κ1) is 18.9. The minimum absolute atomic E-state index is 0.0579. The molecule has 0 saturated heterocycles. The van der Waals surface area contributed by atoms with Crippen LogP contribution in [0.15, 0.2) is 41.9 Å². The highest BCUT2D eigenvalue weighted by Gasteiger charge is 2.22. The Morgan fingerprint density at radius 1 is 1.29 bits per heavy atom. The third-order valence-corrected chi connectivity index (χ3v) is 6.64. The number of thiophene rings is 1. The van der Waals surface area contributed by atoms with Gasteiger partial charge >= 0.3 is 0 Å². The van der Waals surface area contributed by atoms with Gasteiger partial charge in [-0.2, -0.15) is 5.10 Å². The van der Waals surface area contributed by atoms with Crippen LogP contribution in [0.1, 0.15) is 39.0 Å². The number of nitrogens with zero attached hydrogens (tertiary/aromatic N) is 3. The summed E-state index contributed by atoms with van der Waals surface area (Å²) in [7, 11) is 0. The average molecular weight is 395 g/mol. The van der Waals surface area contributed by atoms with E-state index in [2.05, 4.69) is 46.7 Å². The largest absolute Gasteiger partial charge is 0.350 e. The zero-order chi connectivity index (χ0) is 19.7. The van der Waals surface area contributed by atoms with Crippen molar-refractivity contribution in [3.05, 3.63) is 69.2 Å². The van der Waals surface area contributed by atoms with Crippen LogP contribution in [0.25, 0.3) is 5.69 Å². The molecule has 1 aliphatic heterocycles. The van der Waals surface area contributed by atoms with Gasteiger partial charge in [-0.05, 0) is 55.8 Å². The molecule has 0 bridgehead atoms. The maximum absolute atomic E-state index is 12.8. The highest BCUT2D eigenvalue weighted by atomic mass is 32.1. The number of benzene rings is 1. The monoisotopic (exact) mass is 394 g/mol. The molecule has 0 radical (unpaired) electrons. The molecule has 0 aliphatic carbocycles. The molecular formula is C22H26N4OS. The summed E-state index contributed by atoms with van der Waals surface area (Å²) in [5.74, 6) is -0.0579. The van der Waals surface area contributed by atoms with E-state index in [0.29, 0.717) is 18.2 Å². The molecular weight excluding hydrogens is 368 g/mol. The standard InChI is InChI=1S/C22H26N4OS/c1-15-6-4-5-7-20(15)26-17(3)19(13-24-26)22(27)23-12-16(2)25-10-8-21-18(14-25)9-11-28-21/h4-7,9,11,13,16H,8,10,12,14H2,1-3H3,(H,23,27). The molecule has 1 aromatic carbocycles. The van der Waals surface area contributed by atoms with Gasteiger partial charge in [0.25, 0.3) is 5.91 Å². The average Bonchev–Trinajstić information content (AvgIpc) is 3.32. The maximum atomic E-state index is 12.8. The second-order valence-electron chi connectivity index (χ2n) is 7.49. The normalized spacial score (nSPS) is 15.2. The van der Waals surface area contributed by atoms with Crippen molar-refractivity contribution < 1.29 is 4.79 Å². The number of amides is 1. The van der Waals surface area contributed by atoms with Crippen LogP contribution in [0.5, 0.6) is 0 Å². The van der Waals surface area contributed by atoms with Crippen LogP contribution in [0.3, 0.4) is 0 Å². The van der Waals surface area contributed by atoms with Crippen LogP contribution in [0.2, 0.25) is 0 Å². The Balaban J connectivity index is 1.40. The zero-order valence-corrected chi connectivity index (χ0v) is 17.4. The summed E-state index contributed by atoms with van der Waals surface area (Å²) in [6.07, 6.45) is 2.77. The highest BCUT2D eigenvalue weighted by Crippen LogP contribution is 2.25. The first-order valence-electron chi connectivity index (χ1n) is 9.72. The molecule has 1 unspecified atom stereocenters. The van der Waals surface area contributed by atoms with Gasteiger partial charge in [-0.15, -0.1) is 11.3 Å². The molecule has 5 nitrogen and oxygen atoms in total. The molecule has 4 rings (SSSR count). The number of hydrogen-bond donors (Lipinski definition) is 1. The third kappa shape index (κ3) is 3.62. The van der Waals surface area contributed by atoms with E-state index < -0.39 is 0 Å². The molecule has 28 heavy (non-hydrogen) atoms. The molecule has 1 amide bonds. The Kier molecular flexibility index (Phi) is 5.33. The van der Waals surface area contributed by atoms with E-state index in [9.17, 15) is 4.79 Å². The number of aryl methyl sites for hydroxylation is 1. The summed E-state index contributed by atoms with van der Waals surface area (Å²) in [5.41, 5.74) is 5.07. The Morgan fingerprint density at radius 2 is 2.11 bits per heavy atom. The molecule has 1 N–H and O–H groups in total. The Bertz CT molecular complexity index is 990. The van der Waals surface area contributed by atoms with E-state index in [1.807, 2.05) is 41.1 Å². The molecule has 146 valence electrons. The summed E-state index contributed by atoms with van der Waals surface area (Å²) in [5, 5.41) is 9.73. The van der Waals surface area contributed by atoms with Crippen molar-refractivity contribution in [1.29, 1.82) is 0 Å². The number of rotatable bonds is 5. The second-order valence-corrected chi connectivity index (χ2v) is 8.49. The summed E-state index contributed by atoms with van der Waals surface area (Å²) < 4.78 is 1.84. The summed E-state index contributed by atoms with van der Waals surface area (Å²) in [6, 6.07) is 10.6. The number of hydrogen-bond acceptors (Lipinski definition) is 4. The van der Waals surface area contributed by atoms with Crippen molar-refractivity contribution in [2.75, 3.05) is 13.1 Å². The molecule has 2 aromatic heterocycles. The van der Waals surface area contributed by atoms with E-state index in [1.165, 1.54) is 10.4 Å². The molecule has 1 atom stereocenters. The van der Waals surface area contributed by atoms with Crippen LogP contribution in [0, 0.1) is 13.8 Å². The second kappa shape index (κ2) is 7.89. The maximum Gasteiger partial charge on any atom is 0.254 e. The lowest BCUT2D eigenvalue weighted by Crippen LogP contribution is -2.44. The Hall–Kier alpha value is -2.44. The van der Waals surface area contributed by atoms with Crippen molar-refractivity contribution in [3.8, 4) is 5.69 Å². The topological polar surface area (TPSA) is 50.2 Å². The van der Waals surface area contributed by atoms with Crippen molar-refractivity contribution in [3.63, 3.8) is 0 Å². The number of para-hydroxylation sites is 1. The number of nitrogens with one attached hydrogen (secondary N) is 1. The number of carbonyl (C=O) groups is 1. The quantitative estimate of drug-likeness (QED) is 0.717. The molecule has 0 spiro atoms. The number of aromatic nitrogens is 2. The van der Waals surface area contributed by atoms with Crippen LogP contribution >= 0.6 is 11.3 Å². The number of carbonyl (C=O) groups excluding carboxylic acids is 1. The van der Waals surface area contributed by atoms with Gasteiger partial charge in [0.15, 0.2) is 0 Å².